The van der Waals surface area contributed by atoms with Crippen molar-refractivity contribution in [2.45, 2.75) is 57.5 Å². The predicted octanol–water partition coefficient (Wildman–Crippen LogP) is 5.94. The van der Waals surface area contributed by atoms with E-state index in [1.165, 1.54) is 6.42 Å². The molecule has 2 fully saturated rings. The van der Waals surface area contributed by atoms with Gasteiger partial charge in [0.05, 0.1) is 16.4 Å². The molecule has 0 bridgehead atoms. The Kier molecular flexibility index (Phi) is 7.60. The fraction of sp³-hybridized carbons (Fsp3) is 0.379. The molecule has 0 spiro atoms. The van der Waals surface area contributed by atoms with Crippen molar-refractivity contribution in [3.8, 4) is 28.8 Å². The monoisotopic (exact) mass is 536 g/mol. The minimum atomic E-state index is -0.879. The lowest BCUT2D eigenvalue weighted by atomic mass is 10.0. The molecule has 2 aliphatic rings. The molecule has 0 atom stereocenters. The molecule has 6 nitrogen and oxygen atoms in total. The number of halogens is 2. The number of hydrogen-bond donors (Lipinski definition) is 2. The summed E-state index contributed by atoms with van der Waals surface area (Å²) in [7, 11) is 0. The number of carbonyl (C=O) groups is 1. The number of hydrazine groups is 1. The summed E-state index contributed by atoms with van der Waals surface area (Å²) in [4.78, 5) is 13.3. The van der Waals surface area contributed by atoms with Crippen LogP contribution in [0.5, 0.6) is 0 Å². The molecule has 0 unspecified atom stereocenters. The van der Waals surface area contributed by atoms with Gasteiger partial charge in [-0.15, -0.1) is 0 Å². The third-order valence-electron chi connectivity index (χ3n) is 7.12. The maximum Gasteiger partial charge on any atom is 0.286 e. The first-order valence-corrected chi connectivity index (χ1v) is 13.6. The molecule has 1 saturated heterocycles. The van der Waals surface area contributed by atoms with Crippen LogP contribution in [0.25, 0.3) is 16.9 Å². The lowest BCUT2D eigenvalue weighted by Crippen LogP contribution is -2.45. The maximum atomic E-state index is 13.3. The standard InChI is InChI=1S/C29H30Cl2N4O2/c1-20-26(28(36)33-34-17-5-2-6-18-34)32-35(25-12-11-23(30)19-24(25)31)27(20)22-9-7-21(8-10-22)13-16-29(37)14-3-4-15-29/h7-12,19,37H,2-6,14-15,17-18H2,1H3,(H,33,36). The van der Waals surface area contributed by atoms with E-state index in [1.54, 1.807) is 22.9 Å². The van der Waals surface area contributed by atoms with Crippen LogP contribution >= 0.6 is 23.2 Å². The molecule has 5 rings (SSSR count). The van der Waals surface area contributed by atoms with E-state index >= 15 is 0 Å². The number of aromatic nitrogens is 2. The van der Waals surface area contributed by atoms with Crippen molar-refractivity contribution >= 4 is 29.1 Å². The molecule has 1 aliphatic carbocycles. The summed E-state index contributed by atoms with van der Waals surface area (Å²) >= 11 is 12.7. The molecular formula is C29H30Cl2N4O2. The van der Waals surface area contributed by atoms with E-state index in [1.807, 2.05) is 36.2 Å². The fourth-order valence-electron chi connectivity index (χ4n) is 5.06. The van der Waals surface area contributed by atoms with Gasteiger partial charge in [-0.1, -0.05) is 53.6 Å². The summed E-state index contributed by atoms with van der Waals surface area (Å²) in [6, 6.07) is 13.0. The molecule has 8 heteroatoms. The number of benzene rings is 2. The zero-order valence-corrected chi connectivity index (χ0v) is 22.4. The second kappa shape index (κ2) is 10.9. The minimum Gasteiger partial charge on any atom is -0.378 e. The third-order valence-corrected chi connectivity index (χ3v) is 7.66. The number of nitrogens with one attached hydrogen (secondary N) is 1. The quantitative estimate of drug-likeness (QED) is 0.404. The van der Waals surface area contributed by atoms with Crippen molar-refractivity contribution in [1.29, 1.82) is 0 Å². The summed E-state index contributed by atoms with van der Waals surface area (Å²) < 4.78 is 1.71. The highest BCUT2D eigenvalue weighted by Gasteiger charge is 2.28. The van der Waals surface area contributed by atoms with E-state index in [4.69, 9.17) is 28.3 Å². The molecule has 3 aromatic rings. The van der Waals surface area contributed by atoms with E-state index in [0.717, 1.165) is 74.0 Å². The largest absolute Gasteiger partial charge is 0.378 e. The van der Waals surface area contributed by atoms with Crippen molar-refractivity contribution in [3.63, 3.8) is 0 Å². The first-order valence-electron chi connectivity index (χ1n) is 12.8. The zero-order chi connectivity index (χ0) is 26.0. The first kappa shape index (κ1) is 25.8. The average molecular weight is 537 g/mol. The summed E-state index contributed by atoms with van der Waals surface area (Å²) in [6.45, 7) is 3.56. The molecular weight excluding hydrogens is 507 g/mol. The van der Waals surface area contributed by atoms with Gasteiger partial charge < -0.3 is 5.11 Å². The van der Waals surface area contributed by atoms with Crippen LogP contribution in [0.3, 0.4) is 0 Å². The lowest BCUT2D eigenvalue weighted by Gasteiger charge is -2.26. The summed E-state index contributed by atoms with van der Waals surface area (Å²) in [5.41, 5.74) is 6.33. The Hall–Kier alpha value is -2.82. The third kappa shape index (κ3) is 5.71. The normalized spacial score (nSPS) is 17.3. The van der Waals surface area contributed by atoms with Gasteiger partial charge in [0.15, 0.2) is 5.69 Å². The van der Waals surface area contributed by atoms with Gasteiger partial charge in [-0.25, -0.2) is 9.69 Å². The Bertz CT molecular complexity index is 1360. The van der Waals surface area contributed by atoms with Crippen LogP contribution in [0, 0.1) is 18.8 Å². The SMILES string of the molecule is Cc1c(C(=O)NN2CCCCC2)nn(-c2ccc(Cl)cc2Cl)c1-c1ccc(C#CC2(O)CCCC2)cc1. The van der Waals surface area contributed by atoms with Crippen LogP contribution < -0.4 is 5.43 Å². The van der Waals surface area contributed by atoms with Crippen molar-refractivity contribution in [3.05, 3.63) is 69.3 Å². The fourth-order valence-corrected chi connectivity index (χ4v) is 5.55. The van der Waals surface area contributed by atoms with Crippen molar-refractivity contribution in [2.24, 2.45) is 0 Å². The van der Waals surface area contributed by atoms with Gasteiger partial charge >= 0.3 is 0 Å². The molecule has 1 aromatic heterocycles. The number of nitrogens with zero attached hydrogens (tertiary/aromatic N) is 3. The summed E-state index contributed by atoms with van der Waals surface area (Å²) in [6.07, 6.45) is 6.76. The summed E-state index contributed by atoms with van der Waals surface area (Å²) in [5, 5.41) is 18.2. The van der Waals surface area contributed by atoms with Crippen molar-refractivity contribution < 1.29 is 9.90 Å². The van der Waals surface area contributed by atoms with Crippen LogP contribution in [-0.4, -0.2) is 44.5 Å². The van der Waals surface area contributed by atoms with E-state index in [9.17, 15) is 9.90 Å². The number of piperidine rings is 1. The van der Waals surface area contributed by atoms with Crippen LogP contribution in [0.4, 0.5) is 0 Å². The van der Waals surface area contributed by atoms with Crippen LogP contribution in [-0.2, 0) is 0 Å². The predicted molar refractivity (Wildman–Crippen MR) is 147 cm³/mol. The highest BCUT2D eigenvalue weighted by atomic mass is 35.5. The zero-order valence-electron chi connectivity index (χ0n) is 20.9. The molecule has 192 valence electrons. The van der Waals surface area contributed by atoms with Gasteiger partial charge in [0, 0.05) is 34.8 Å². The van der Waals surface area contributed by atoms with E-state index in [-0.39, 0.29) is 5.91 Å². The molecule has 1 aliphatic heterocycles. The molecule has 2 aromatic carbocycles. The van der Waals surface area contributed by atoms with E-state index in [0.29, 0.717) is 21.4 Å². The average Bonchev–Trinajstić information content (AvgIpc) is 3.47. The lowest BCUT2D eigenvalue weighted by molar-refractivity contribution is 0.0743. The Morgan fingerprint density at radius 2 is 1.73 bits per heavy atom. The van der Waals surface area contributed by atoms with Crippen LogP contribution in [0.1, 0.15) is 66.6 Å². The van der Waals surface area contributed by atoms with Crippen LogP contribution in [0.2, 0.25) is 10.0 Å². The van der Waals surface area contributed by atoms with Gasteiger partial charge in [-0.05, 0) is 75.8 Å². The number of rotatable bonds is 4. The number of aliphatic hydroxyl groups is 1. The maximum absolute atomic E-state index is 13.3. The number of carbonyl (C=O) groups excluding carboxylic acids is 1. The second-order valence-electron chi connectivity index (χ2n) is 9.88. The number of hydrogen-bond acceptors (Lipinski definition) is 4. The van der Waals surface area contributed by atoms with Crippen molar-refractivity contribution in [1.82, 2.24) is 20.2 Å². The smallest absolute Gasteiger partial charge is 0.286 e. The van der Waals surface area contributed by atoms with Gasteiger partial charge in [-0.3, -0.25) is 10.2 Å². The Morgan fingerprint density at radius 1 is 1.03 bits per heavy atom. The van der Waals surface area contributed by atoms with Crippen LogP contribution in [0.15, 0.2) is 42.5 Å². The summed E-state index contributed by atoms with van der Waals surface area (Å²) in [5.74, 6) is 5.94. The van der Waals surface area contributed by atoms with Gasteiger partial charge in [0.2, 0.25) is 0 Å². The van der Waals surface area contributed by atoms with Gasteiger partial charge in [0.1, 0.15) is 5.60 Å². The Balaban J connectivity index is 1.52. The Labute approximate surface area is 227 Å². The first-order chi connectivity index (χ1) is 17.8. The van der Waals surface area contributed by atoms with Crippen molar-refractivity contribution in [2.75, 3.05) is 13.1 Å². The van der Waals surface area contributed by atoms with E-state index < -0.39 is 5.60 Å². The number of amides is 1. The second-order valence-corrected chi connectivity index (χ2v) is 10.7. The Morgan fingerprint density at radius 3 is 2.41 bits per heavy atom. The molecule has 0 radical (unpaired) electrons. The minimum absolute atomic E-state index is 0.239. The molecule has 2 heterocycles. The van der Waals surface area contributed by atoms with E-state index in [2.05, 4.69) is 17.3 Å². The molecule has 1 saturated carbocycles. The van der Waals surface area contributed by atoms with Gasteiger partial charge in [-0.2, -0.15) is 5.10 Å². The topological polar surface area (TPSA) is 70.4 Å². The highest BCUT2D eigenvalue weighted by molar-refractivity contribution is 6.35. The molecule has 2 N–H and O–H groups in total. The van der Waals surface area contributed by atoms with Gasteiger partial charge in [0.25, 0.3) is 5.91 Å². The highest BCUT2D eigenvalue weighted by Crippen LogP contribution is 2.33. The molecule has 1 amide bonds. The molecule has 37 heavy (non-hydrogen) atoms.